The van der Waals surface area contributed by atoms with Crippen LogP contribution in [0.3, 0.4) is 0 Å². The Balaban J connectivity index is 2.80. The maximum absolute atomic E-state index is 11.5. The summed E-state index contributed by atoms with van der Waals surface area (Å²) in [6, 6.07) is 0. The van der Waals surface area contributed by atoms with Crippen LogP contribution in [0.5, 0.6) is 0 Å². The molecular weight excluding hydrogens is 210 g/mol. The fourth-order valence-electron chi connectivity index (χ4n) is 1.46. The van der Waals surface area contributed by atoms with Crippen molar-refractivity contribution in [3.63, 3.8) is 0 Å². The molecule has 92 valence electrons. The summed E-state index contributed by atoms with van der Waals surface area (Å²) >= 11 is 0. The number of amides is 1. The molecule has 0 atom stereocenters. The van der Waals surface area contributed by atoms with Gasteiger partial charge >= 0.3 is 0 Å². The van der Waals surface area contributed by atoms with Crippen LogP contribution in [0.15, 0.2) is 12.7 Å². The molecule has 16 heavy (non-hydrogen) atoms. The van der Waals surface area contributed by atoms with Gasteiger partial charge in [0, 0.05) is 7.05 Å². The van der Waals surface area contributed by atoms with Crippen LogP contribution >= 0.6 is 0 Å². The molecule has 0 aliphatic carbocycles. The molecule has 0 saturated carbocycles. The standard InChI is InChI=1S/C11H19NO4/c1-5-9(14)12(4)11(6-13)7-15-10(2,3)16-8-11/h5,13H,1,6-8H2,2-4H3. The van der Waals surface area contributed by atoms with Gasteiger partial charge in [0.25, 0.3) is 0 Å². The monoisotopic (exact) mass is 229 g/mol. The number of carbonyl (C=O) groups is 1. The number of aliphatic hydroxyl groups excluding tert-OH is 1. The topological polar surface area (TPSA) is 59.0 Å². The number of hydrogen-bond donors (Lipinski definition) is 1. The van der Waals surface area contributed by atoms with Crippen LogP contribution in [-0.2, 0) is 14.3 Å². The van der Waals surface area contributed by atoms with E-state index in [0.29, 0.717) is 0 Å². The highest BCUT2D eigenvalue weighted by molar-refractivity contribution is 5.87. The van der Waals surface area contributed by atoms with E-state index in [-0.39, 0.29) is 25.7 Å². The number of ether oxygens (including phenoxy) is 2. The maximum atomic E-state index is 11.5. The minimum absolute atomic E-state index is 0.209. The van der Waals surface area contributed by atoms with Gasteiger partial charge in [0.15, 0.2) is 5.79 Å². The van der Waals surface area contributed by atoms with Crippen LogP contribution in [0.1, 0.15) is 13.8 Å². The quantitative estimate of drug-likeness (QED) is 0.700. The van der Waals surface area contributed by atoms with E-state index < -0.39 is 11.3 Å². The minimum Gasteiger partial charge on any atom is -0.394 e. The van der Waals surface area contributed by atoms with Crippen molar-refractivity contribution < 1.29 is 19.4 Å². The largest absolute Gasteiger partial charge is 0.394 e. The molecule has 1 saturated heterocycles. The van der Waals surface area contributed by atoms with Gasteiger partial charge in [-0.2, -0.15) is 0 Å². The lowest BCUT2D eigenvalue weighted by Gasteiger charge is -2.46. The van der Waals surface area contributed by atoms with Crippen LogP contribution in [0, 0.1) is 0 Å². The number of hydrogen-bond acceptors (Lipinski definition) is 4. The second-order valence-corrected chi connectivity index (χ2v) is 4.46. The second kappa shape index (κ2) is 4.53. The fraction of sp³-hybridized carbons (Fsp3) is 0.727. The number of likely N-dealkylation sites (N-methyl/N-ethyl adjacent to an activating group) is 1. The summed E-state index contributed by atoms with van der Waals surface area (Å²) in [5.41, 5.74) is -0.819. The molecule has 0 bridgehead atoms. The first kappa shape index (κ1) is 13.2. The summed E-state index contributed by atoms with van der Waals surface area (Å²) in [5, 5.41) is 9.44. The molecule has 0 aromatic carbocycles. The Morgan fingerprint density at radius 3 is 2.38 bits per heavy atom. The van der Waals surface area contributed by atoms with Crippen molar-refractivity contribution in [1.82, 2.24) is 4.90 Å². The summed E-state index contributed by atoms with van der Waals surface area (Å²) in [4.78, 5) is 12.9. The van der Waals surface area contributed by atoms with Crippen molar-refractivity contribution in [3.8, 4) is 0 Å². The Labute approximate surface area is 95.6 Å². The maximum Gasteiger partial charge on any atom is 0.246 e. The van der Waals surface area contributed by atoms with Crippen molar-refractivity contribution in [2.75, 3.05) is 26.9 Å². The van der Waals surface area contributed by atoms with Crippen LogP contribution in [-0.4, -0.2) is 54.1 Å². The van der Waals surface area contributed by atoms with Crippen LogP contribution < -0.4 is 0 Å². The van der Waals surface area contributed by atoms with E-state index in [1.165, 1.54) is 11.0 Å². The van der Waals surface area contributed by atoms with Gasteiger partial charge in [0.05, 0.1) is 19.8 Å². The van der Waals surface area contributed by atoms with Crippen molar-refractivity contribution in [2.45, 2.75) is 25.2 Å². The van der Waals surface area contributed by atoms with E-state index in [1.807, 2.05) is 0 Å². The molecule has 1 heterocycles. The number of aliphatic hydroxyl groups is 1. The molecule has 0 aromatic rings. The Kier molecular flexibility index (Phi) is 3.72. The normalized spacial score (nSPS) is 22.5. The predicted molar refractivity (Wildman–Crippen MR) is 58.8 cm³/mol. The molecule has 0 aromatic heterocycles. The van der Waals surface area contributed by atoms with Gasteiger partial charge < -0.3 is 19.5 Å². The first-order valence-corrected chi connectivity index (χ1v) is 5.16. The summed E-state index contributed by atoms with van der Waals surface area (Å²) < 4.78 is 11.0. The zero-order valence-corrected chi connectivity index (χ0v) is 10.0. The highest BCUT2D eigenvalue weighted by Gasteiger charge is 2.44. The van der Waals surface area contributed by atoms with Crippen LogP contribution in [0.4, 0.5) is 0 Å². The van der Waals surface area contributed by atoms with Crippen molar-refractivity contribution in [3.05, 3.63) is 12.7 Å². The molecule has 1 fully saturated rings. The first-order valence-electron chi connectivity index (χ1n) is 5.16. The van der Waals surface area contributed by atoms with Crippen LogP contribution in [0.25, 0.3) is 0 Å². The highest BCUT2D eigenvalue weighted by Crippen LogP contribution is 2.27. The molecule has 5 heteroatoms. The van der Waals surface area contributed by atoms with Crippen molar-refractivity contribution >= 4 is 5.91 Å². The summed E-state index contributed by atoms with van der Waals surface area (Å²) in [6.07, 6.45) is 1.21. The summed E-state index contributed by atoms with van der Waals surface area (Å²) in [6.45, 7) is 7.28. The molecule has 1 N–H and O–H groups in total. The molecule has 0 radical (unpaired) electrons. The lowest BCUT2D eigenvalue weighted by molar-refractivity contribution is -0.287. The summed E-state index contributed by atoms with van der Waals surface area (Å²) in [5.74, 6) is -0.933. The Hall–Kier alpha value is -0.910. The lowest BCUT2D eigenvalue weighted by Crippen LogP contribution is -2.63. The average molecular weight is 229 g/mol. The fourth-order valence-corrected chi connectivity index (χ4v) is 1.46. The average Bonchev–Trinajstić information content (AvgIpc) is 2.28. The number of carbonyl (C=O) groups excluding carboxylic acids is 1. The zero-order valence-electron chi connectivity index (χ0n) is 10.0. The van der Waals surface area contributed by atoms with E-state index in [4.69, 9.17) is 9.47 Å². The Morgan fingerprint density at radius 2 is 2.00 bits per heavy atom. The van der Waals surface area contributed by atoms with Gasteiger partial charge in [-0.1, -0.05) is 6.58 Å². The molecule has 1 aliphatic heterocycles. The van der Waals surface area contributed by atoms with Gasteiger partial charge in [-0.05, 0) is 19.9 Å². The van der Waals surface area contributed by atoms with Crippen molar-refractivity contribution in [1.29, 1.82) is 0 Å². The lowest BCUT2D eigenvalue weighted by atomic mass is 9.99. The van der Waals surface area contributed by atoms with Gasteiger partial charge in [-0.3, -0.25) is 4.79 Å². The molecule has 5 nitrogen and oxygen atoms in total. The van der Waals surface area contributed by atoms with Gasteiger partial charge in [0.1, 0.15) is 5.54 Å². The Bertz CT molecular complexity index is 278. The van der Waals surface area contributed by atoms with E-state index in [9.17, 15) is 9.90 Å². The smallest absolute Gasteiger partial charge is 0.246 e. The third-order valence-corrected chi connectivity index (χ3v) is 2.89. The predicted octanol–water partition coefficient (Wildman–Crippen LogP) is 0.145. The Morgan fingerprint density at radius 1 is 1.50 bits per heavy atom. The molecule has 0 spiro atoms. The highest BCUT2D eigenvalue weighted by atomic mass is 16.7. The third-order valence-electron chi connectivity index (χ3n) is 2.89. The molecule has 1 aliphatic rings. The van der Waals surface area contributed by atoms with Crippen LogP contribution in [0.2, 0.25) is 0 Å². The van der Waals surface area contributed by atoms with Gasteiger partial charge in [-0.15, -0.1) is 0 Å². The van der Waals surface area contributed by atoms with E-state index >= 15 is 0 Å². The second-order valence-electron chi connectivity index (χ2n) is 4.46. The molecule has 0 unspecified atom stereocenters. The van der Waals surface area contributed by atoms with E-state index in [2.05, 4.69) is 6.58 Å². The molecule has 1 amide bonds. The summed E-state index contributed by atoms with van der Waals surface area (Å²) in [7, 11) is 1.60. The third kappa shape index (κ3) is 2.42. The molecular formula is C11H19NO4. The number of nitrogens with zero attached hydrogens (tertiary/aromatic N) is 1. The zero-order chi connectivity index (χ0) is 12.4. The SMILES string of the molecule is C=CC(=O)N(C)C1(CO)COC(C)(C)OC1. The van der Waals surface area contributed by atoms with Gasteiger partial charge in [-0.25, -0.2) is 0 Å². The molecule has 1 rings (SSSR count). The minimum atomic E-state index is -0.819. The van der Waals surface area contributed by atoms with E-state index in [0.717, 1.165) is 0 Å². The first-order chi connectivity index (χ1) is 7.37. The van der Waals surface area contributed by atoms with Gasteiger partial charge in [0.2, 0.25) is 5.91 Å². The van der Waals surface area contributed by atoms with Crippen molar-refractivity contribution in [2.24, 2.45) is 0 Å². The number of rotatable bonds is 3. The van der Waals surface area contributed by atoms with E-state index in [1.54, 1.807) is 20.9 Å².